The van der Waals surface area contributed by atoms with Crippen LogP contribution in [-0.2, 0) is 5.41 Å². The molecule has 286 valence electrons. The molecule has 11 rings (SSSR count). The lowest BCUT2D eigenvalue weighted by Gasteiger charge is -2.28. The van der Waals surface area contributed by atoms with Gasteiger partial charge in [0.2, 0.25) is 0 Å². The van der Waals surface area contributed by atoms with Crippen molar-refractivity contribution < 1.29 is 4.42 Å². The molecule has 0 unspecified atom stereocenters. The molecule has 2 heteroatoms. The normalized spacial score (nSPS) is 12.7. The quantitative estimate of drug-likeness (QED) is 0.161. The minimum absolute atomic E-state index is 0.182. The molecule has 0 amide bonds. The summed E-state index contributed by atoms with van der Waals surface area (Å²) >= 11 is 0. The number of rotatable bonds is 7. The van der Waals surface area contributed by atoms with Gasteiger partial charge in [0.25, 0.3) is 0 Å². The molecule has 0 atom stereocenters. The number of fused-ring (bicyclic) bond motifs is 6. The second-order valence-corrected chi connectivity index (χ2v) is 16.6. The van der Waals surface area contributed by atoms with E-state index >= 15 is 0 Å². The molecular weight excluding hydrogens is 727 g/mol. The number of hydrogen-bond acceptors (Lipinski definition) is 2. The predicted molar refractivity (Wildman–Crippen MR) is 252 cm³/mol. The maximum atomic E-state index is 6.45. The van der Waals surface area contributed by atoms with E-state index in [1.165, 1.54) is 61.2 Å². The van der Waals surface area contributed by atoms with E-state index in [0.29, 0.717) is 0 Å². The van der Waals surface area contributed by atoms with E-state index in [-0.39, 0.29) is 5.41 Å². The second kappa shape index (κ2) is 14.1. The molecule has 1 heterocycles. The molecule has 0 bridgehead atoms. The molecule has 1 aliphatic carbocycles. The maximum Gasteiger partial charge on any atom is 0.143 e. The van der Waals surface area contributed by atoms with Gasteiger partial charge in [-0.25, -0.2) is 0 Å². The predicted octanol–water partition coefficient (Wildman–Crippen LogP) is 16.3. The summed E-state index contributed by atoms with van der Waals surface area (Å²) in [5.74, 6) is 0. The standard InChI is InChI=1S/C58H43NO/c1-38-19-21-40(22-20-38)43-13-9-14-44(35-43)41-23-28-46(29-24-41)59(47-30-25-42(26-31-47)49-16-10-17-53-52-15-7-8-18-56(52)60-57(49)53)48-32-34-51-50-33-27-45(39-11-5-4-6-12-39)36-54(50)58(2,3)55(51)37-48/h4-37H,1-3H3. The van der Waals surface area contributed by atoms with Gasteiger partial charge in [-0.2, -0.15) is 0 Å². The van der Waals surface area contributed by atoms with Gasteiger partial charge in [-0.3, -0.25) is 0 Å². The smallest absolute Gasteiger partial charge is 0.143 e. The van der Waals surface area contributed by atoms with Crippen LogP contribution >= 0.6 is 0 Å². The Balaban J connectivity index is 0.998. The molecule has 0 aliphatic heterocycles. The van der Waals surface area contributed by atoms with Crippen molar-refractivity contribution >= 4 is 39.0 Å². The Morgan fingerprint density at radius 3 is 1.58 bits per heavy atom. The summed E-state index contributed by atoms with van der Waals surface area (Å²) in [6.07, 6.45) is 0. The van der Waals surface area contributed by atoms with Gasteiger partial charge in [0.05, 0.1) is 0 Å². The molecule has 9 aromatic carbocycles. The highest BCUT2D eigenvalue weighted by atomic mass is 16.3. The Morgan fingerprint density at radius 2 is 0.867 bits per heavy atom. The van der Waals surface area contributed by atoms with Crippen LogP contribution in [0.25, 0.3) is 77.6 Å². The minimum atomic E-state index is -0.182. The highest BCUT2D eigenvalue weighted by Crippen LogP contribution is 2.52. The number of hydrogen-bond donors (Lipinski definition) is 0. The summed E-state index contributed by atoms with van der Waals surface area (Å²) in [4.78, 5) is 2.40. The van der Waals surface area contributed by atoms with Gasteiger partial charge in [-0.05, 0) is 123 Å². The topological polar surface area (TPSA) is 16.4 Å². The fourth-order valence-electron chi connectivity index (χ4n) is 9.31. The van der Waals surface area contributed by atoms with Gasteiger partial charge in [0.15, 0.2) is 0 Å². The zero-order valence-electron chi connectivity index (χ0n) is 34.0. The Bertz CT molecular complexity index is 3210. The molecule has 0 saturated heterocycles. The molecule has 60 heavy (non-hydrogen) atoms. The molecular formula is C58H43NO. The number of para-hydroxylation sites is 2. The van der Waals surface area contributed by atoms with Crippen molar-refractivity contribution in [3.05, 3.63) is 223 Å². The van der Waals surface area contributed by atoms with Gasteiger partial charge >= 0.3 is 0 Å². The van der Waals surface area contributed by atoms with Crippen molar-refractivity contribution in [1.29, 1.82) is 0 Å². The van der Waals surface area contributed by atoms with Crippen LogP contribution in [0, 0.1) is 6.92 Å². The number of nitrogens with zero attached hydrogens (tertiary/aromatic N) is 1. The summed E-state index contributed by atoms with van der Waals surface area (Å²) in [5.41, 5.74) is 21.1. The van der Waals surface area contributed by atoms with Crippen LogP contribution in [0.4, 0.5) is 17.1 Å². The fourth-order valence-corrected chi connectivity index (χ4v) is 9.31. The van der Waals surface area contributed by atoms with Gasteiger partial charge in [0, 0.05) is 38.8 Å². The van der Waals surface area contributed by atoms with E-state index in [9.17, 15) is 0 Å². The first-order valence-electron chi connectivity index (χ1n) is 20.8. The number of benzene rings is 9. The van der Waals surface area contributed by atoms with E-state index in [2.05, 4.69) is 220 Å². The molecule has 2 nitrogen and oxygen atoms in total. The van der Waals surface area contributed by atoms with Crippen LogP contribution in [0.2, 0.25) is 0 Å². The van der Waals surface area contributed by atoms with Crippen LogP contribution < -0.4 is 4.90 Å². The van der Waals surface area contributed by atoms with Crippen molar-refractivity contribution in [2.24, 2.45) is 0 Å². The average molecular weight is 770 g/mol. The van der Waals surface area contributed by atoms with E-state index in [4.69, 9.17) is 4.42 Å². The monoisotopic (exact) mass is 769 g/mol. The first kappa shape index (κ1) is 35.7. The largest absolute Gasteiger partial charge is 0.455 e. The van der Waals surface area contributed by atoms with Crippen molar-refractivity contribution in [3.8, 4) is 55.6 Å². The van der Waals surface area contributed by atoms with Gasteiger partial charge in [0.1, 0.15) is 11.2 Å². The minimum Gasteiger partial charge on any atom is -0.455 e. The number of furan rings is 1. The SMILES string of the molecule is Cc1ccc(-c2cccc(-c3ccc(N(c4ccc(-c5cccc6c5oc5ccccc56)cc4)c4ccc5c(c4)C(C)(C)c4cc(-c6ccccc6)ccc4-5)cc3)c2)cc1. The molecule has 1 aliphatic rings. The third-order valence-corrected chi connectivity index (χ3v) is 12.6. The second-order valence-electron chi connectivity index (χ2n) is 16.6. The summed E-state index contributed by atoms with van der Waals surface area (Å²) in [5, 5.41) is 2.27. The Hall–Kier alpha value is -7.42. The van der Waals surface area contributed by atoms with Gasteiger partial charge < -0.3 is 9.32 Å². The van der Waals surface area contributed by atoms with Gasteiger partial charge in [-0.15, -0.1) is 0 Å². The summed E-state index contributed by atoms with van der Waals surface area (Å²) in [7, 11) is 0. The zero-order chi connectivity index (χ0) is 40.4. The molecule has 0 radical (unpaired) electrons. The Labute approximate surface area is 351 Å². The summed E-state index contributed by atoms with van der Waals surface area (Å²) in [6, 6.07) is 75.0. The third-order valence-electron chi connectivity index (χ3n) is 12.6. The highest BCUT2D eigenvalue weighted by molar-refractivity contribution is 6.09. The molecule has 0 spiro atoms. The molecule has 1 aromatic heterocycles. The zero-order valence-corrected chi connectivity index (χ0v) is 34.0. The molecule has 0 N–H and O–H groups in total. The Kier molecular flexibility index (Phi) is 8.42. The van der Waals surface area contributed by atoms with Crippen LogP contribution in [0.1, 0.15) is 30.5 Å². The van der Waals surface area contributed by atoms with Crippen LogP contribution in [0.5, 0.6) is 0 Å². The van der Waals surface area contributed by atoms with Crippen LogP contribution in [0.15, 0.2) is 211 Å². The lowest BCUT2D eigenvalue weighted by atomic mass is 9.81. The first-order valence-corrected chi connectivity index (χ1v) is 20.8. The van der Waals surface area contributed by atoms with Crippen LogP contribution in [-0.4, -0.2) is 0 Å². The van der Waals surface area contributed by atoms with Crippen molar-refractivity contribution in [1.82, 2.24) is 0 Å². The lowest BCUT2D eigenvalue weighted by Crippen LogP contribution is -2.16. The summed E-state index contributed by atoms with van der Waals surface area (Å²) in [6.45, 7) is 6.87. The molecule has 0 saturated carbocycles. The number of anilines is 3. The highest BCUT2D eigenvalue weighted by Gasteiger charge is 2.36. The average Bonchev–Trinajstić information content (AvgIpc) is 3.79. The summed E-state index contributed by atoms with van der Waals surface area (Å²) < 4.78 is 6.45. The molecule has 0 fully saturated rings. The number of aryl methyl sites for hydroxylation is 1. The molecule has 10 aromatic rings. The van der Waals surface area contributed by atoms with Crippen molar-refractivity contribution in [2.45, 2.75) is 26.2 Å². The fraction of sp³-hybridized carbons (Fsp3) is 0.0690. The third kappa shape index (κ3) is 6.03. The Morgan fingerprint density at radius 1 is 0.367 bits per heavy atom. The first-order chi connectivity index (χ1) is 29.4. The van der Waals surface area contributed by atoms with E-state index in [1.54, 1.807) is 0 Å². The van der Waals surface area contributed by atoms with E-state index in [1.807, 2.05) is 12.1 Å². The van der Waals surface area contributed by atoms with Crippen molar-refractivity contribution in [3.63, 3.8) is 0 Å². The van der Waals surface area contributed by atoms with E-state index in [0.717, 1.165) is 50.1 Å². The van der Waals surface area contributed by atoms with Crippen LogP contribution in [0.3, 0.4) is 0 Å². The van der Waals surface area contributed by atoms with Gasteiger partial charge in [-0.1, -0.05) is 171 Å². The maximum absolute atomic E-state index is 6.45. The lowest BCUT2D eigenvalue weighted by molar-refractivity contribution is 0.660. The van der Waals surface area contributed by atoms with Crippen molar-refractivity contribution in [2.75, 3.05) is 4.90 Å². The van der Waals surface area contributed by atoms with E-state index < -0.39 is 0 Å².